The molecule has 1 saturated carbocycles. The Bertz CT molecular complexity index is 1720. The smallest absolute Gasteiger partial charge is 0.252 e. The lowest BCUT2D eigenvalue weighted by Gasteiger charge is -2.39. The van der Waals surface area contributed by atoms with Crippen molar-refractivity contribution in [2.45, 2.75) is 43.3 Å². The number of nitrogens with zero attached hydrogens (tertiary/aromatic N) is 4. The lowest BCUT2D eigenvalue weighted by Crippen LogP contribution is -2.56. The molecule has 2 aromatic carbocycles. The number of benzene rings is 2. The molecule has 1 unspecified atom stereocenters. The minimum atomic E-state index is -4.18. The molecule has 3 aromatic rings. The Balaban J connectivity index is 1.66. The van der Waals surface area contributed by atoms with Gasteiger partial charge >= 0.3 is 0 Å². The molecule has 1 saturated heterocycles. The first-order chi connectivity index (χ1) is 20.3. The molecule has 5 rings (SSSR count). The molecular formula is C28H22ClF4N5O4S. The van der Waals surface area contributed by atoms with Crippen LogP contribution in [0.15, 0.2) is 60.8 Å². The van der Waals surface area contributed by atoms with E-state index in [1.807, 2.05) is 6.07 Å². The molecule has 2 amide bonds. The second kappa shape index (κ2) is 11.5. The van der Waals surface area contributed by atoms with Gasteiger partial charge in [0.25, 0.3) is 11.8 Å². The zero-order chi connectivity index (χ0) is 31.1. The van der Waals surface area contributed by atoms with Crippen molar-refractivity contribution in [1.82, 2.24) is 10.3 Å². The van der Waals surface area contributed by atoms with E-state index in [4.69, 9.17) is 11.6 Å². The first-order valence-electron chi connectivity index (χ1n) is 12.9. The second-order valence-corrected chi connectivity index (χ2v) is 12.5. The van der Waals surface area contributed by atoms with Crippen LogP contribution in [0.2, 0.25) is 5.02 Å². The summed E-state index contributed by atoms with van der Waals surface area (Å²) < 4.78 is 83.3. The molecule has 1 aromatic heterocycles. The van der Waals surface area contributed by atoms with E-state index in [9.17, 15) is 40.8 Å². The molecule has 43 heavy (non-hydrogen) atoms. The summed E-state index contributed by atoms with van der Waals surface area (Å²) in [6, 6.07) is 7.92. The third kappa shape index (κ3) is 6.14. The summed E-state index contributed by atoms with van der Waals surface area (Å²) in [4.78, 5) is 33.0. The van der Waals surface area contributed by atoms with Crippen molar-refractivity contribution < 1.29 is 35.6 Å². The van der Waals surface area contributed by atoms with Crippen LogP contribution in [-0.2, 0) is 19.6 Å². The molecule has 15 heteroatoms. The Kier molecular flexibility index (Phi) is 8.06. The van der Waals surface area contributed by atoms with Crippen LogP contribution in [0.4, 0.5) is 29.1 Å². The minimum Gasteiger partial charge on any atom is -0.351 e. The second-order valence-electron chi connectivity index (χ2n) is 10.2. The molecule has 0 spiro atoms. The van der Waals surface area contributed by atoms with Gasteiger partial charge in [0.1, 0.15) is 29.5 Å². The number of sulfonamides is 1. The van der Waals surface area contributed by atoms with E-state index in [1.54, 1.807) is 0 Å². The van der Waals surface area contributed by atoms with Gasteiger partial charge < -0.3 is 5.32 Å². The maximum atomic E-state index is 14.5. The average Bonchev–Trinajstić information content (AvgIpc) is 3.25. The third-order valence-corrected chi connectivity index (χ3v) is 9.26. The van der Waals surface area contributed by atoms with E-state index >= 15 is 0 Å². The van der Waals surface area contributed by atoms with Crippen molar-refractivity contribution in [1.29, 1.82) is 5.26 Å². The predicted octanol–water partition coefficient (Wildman–Crippen LogP) is 4.48. The first kappa shape index (κ1) is 30.2. The number of nitrogens with one attached hydrogen (secondary N) is 1. The first-order valence-corrected chi connectivity index (χ1v) is 14.9. The average molecular weight is 636 g/mol. The van der Waals surface area contributed by atoms with Crippen molar-refractivity contribution in [3.05, 3.63) is 88.6 Å². The van der Waals surface area contributed by atoms with E-state index in [-0.39, 0.29) is 28.4 Å². The molecule has 1 aliphatic heterocycles. The largest absolute Gasteiger partial charge is 0.351 e. The molecule has 0 bridgehead atoms. The lowest BCUT2D eigenvalue weighted by molar-refractivity contribution is -0.133. The highest BCUT2D eigenvalue weighted by molar-refractivity contribution is 7.93. The minimum absolute atomic E-state index is 0.0113. The SMILES string of the molecule is N#Cc1ccnc(N2C(C(=O)N(c3cc(F)cc(F)c3)[C@H](C(=O)NC3CC(F)(F)C3)c3ccccc3Cl)CCS2(=O)=O)c1. The van der Waals surface area contributed by atoms with Crippen LogP contribution < -0.4 is 14.5 Å². The fraction of sp³-hybridized carbons (Fsp3) is 0.286. The number of hydrogen-bond acceptors (Lipinski definition) is 6. The van der Waals surface area contributed by atoms with Crippen LogP contribution in [0.25, 0.3) is 0 Å². The standard InChI is InChI=1S/C28H22ClF4N5O4S/c29-22-4-2-1-3-21(22)25(26(39)36-19-13-28(32,33)14-19)37(20-11-17(30)10-18(31)12-20)27(40)23-6-8-43(41,42)38(23)24-9-16(15-34)5-7-35-24/h1-5,7,9-12,19,23,25H,6,8,13-14H2,(H,36,39)/t23?,25-/m0/s1. The molecule has 9 nitrogen and oxygen atoms in total. The number of pyridine rings is 1. The number of amides is 2. The summed E-state index contributed by atoms with van der Waals surface area (Å²) in [5.74, 6) is -8.04. The molecule has 1 aliphatic carbocycles. The third-order valence-electron chi connectivity index (χ3n) is 7.12. The van der Waals surface area contributed by atoms with E-state index in [2.05, 4.69) is 10.3 Å². The lowest BCUT2D eigenvalue weighted by atomic mass is 9.87. The monoisotopic (exact) mass is 635 g/mol. The molecule has 2 fully saturated rings. The van der Waals surface area contributed by atoms with Gasteiger partial charge in [0.15, 0.2) is 0 Å². The highest BCUT2D eigenvalue weighted by Crippen LogP contribution is 2.40. The normalized spacial score (nSPS) is 19.6. The Morgan fingerprint density at radius 3 is 2.42 bits per heavy atom. The number of carbonyl (C=O) groups is 2. The number of alkyl halides is 2. The van der Waals surface area contributed by atoms with Crippen molar-refractivity contribution >= 4 is 44.9 Å². The van der Waals surface area contributed by atoms with Crippen LogP contribution >= 0.6 is 11.6 Å². The van der Waals surface area contributed by atoms with Crippen LogP contribution in [-0.4, -0.2) is 49.0 Å². The van der Waals surface area contributed by atoms with Crippen LogP contribution in [0, 0.1) is 23.0 Å². The van der Waals surface area contributed by atoms with Gasteiger partial charge in [-0.3, -0.25) is 14.5 Å². The van der Waals surface area contributed by atoms with Crippen molar-refractivity contribution in [3.8, 4) is 6.07 Å². The Morgan fingerprint density at radius 1 is 1.12 bits per heavy atom. The fourth-order valence-electron chi connectivity index (χ4n) is 5.18. The molecule has 2 atom stereocenters. The van der Waals surface area contributed by atoms with Gasteiger partial charge in [0, 0.05) is 41.7 Å². The van der Waals surface area contributed by atoms with E-state index in [0.717, 1.165) is 18.2 Å². The van der Waals surface area contributed by atoms with E-state index < -0.39 is 81.8 Å². The number of nitriles is 1. The zero-order valence-electron chi connectivity index (χ0n) is 22.1. The Labute approximate surface area is 248 Å². The summed E-state index contributed by atoms with van der Waals surface area (Å²) in [6.07, 6.45) is -0.449. The van der Waals surface area contributed by atoms with Crippen LogP contribution in [0.3, 0.4) is 0 Å². The number of anilines is 2. The van der Waals surface area contributed by atoms with Gasteiger partial charge in [-0.05, 0) is 36.8 Å². The highest BCUT2D eigenvalue weighted by atomic mass is 35.5. The molecule has 0 radical (unpaired) electrons. The molecular weight excluding hydrogens is 614 g/mol. The number of carbonyl (C=O) groups excluding carboxylic acids is 2. The van der Waals surface area contributed by atoms with Gasteiger partial charge in [-0.15, -0.1) is 0 Å². The van der Waals surface area contributed by atoms with Crippen molar-refractivity contribution in [2.75, 3.05) is 15.0 Å². The number of aromatic nitrogens is 1. The van der Waals surface area contributed by atoms with Crippen molar-refractivity contribution in [3.63, 3.8) is 0 Å². The maximum Gasteiger partial charge on any atom is 0.252 e. The number of rotatable bonds is 7. The molecule has 2 aliphatic rings. The number of hydrogen-bond donors (Lipinski definition) is 1. The van der Waals surface area contributed by atoms with E-state index in [1.165, 1.54) is 36.5 Å². The quantitative estimate of drug-likeness (QED) is 0.382. The Morgan fingerprint density at radius 2 is 1.79 bits per heavy atom. The van der Waals surface area contributed by atoms with Crippen molar-refractivity contribution in [2.24, 2.45) is 0 Å². The predicted molar refractivity (Wildman–Crippen MR) is 148 cm³/mol. The van der Waals surface area contributed by atoms with E-state index in [0.29, 0.717) is 15.3 Å². The summed E-state index contributed by atoms with van der Waals surface area (Å²) in [6.45, 7) is 0. The zero-order valence-corrected chi connectivity index (χ0v) is 23.6. The topological polar surface area (TPSA) is 123 Å². The highest BCUT2D eigenvalue weighted by Gasteiger charge is 2.49. The van der Waals surface area contributed by atoms with Gasteiger partial charge in [-0.1, -0.05) is 29.8 Å². The number of halogens is 5. The maximum absolute atomic E-state index is 14.5. The molecule has 1 N–H and O–H groups in total. The van der Waals surface area contributed by atoms with Gasteiger partial charge in [0.05, 0.1) is 23.1 Å². The molecule has 2 heterocycles. The molecule has 224 valence electrons. The fourth-order valence-corrected chi connectivity index (χ4v) is 7.11. The summed E-state index contributed by atoms with van der Waals surface area (Å²) in [5, 5.41) is 11.7. The summed E-state index contributed by atoms with van der Waals surface area (Å²) in [5.41, 5.74) is -0.416. The summed E-state index contributed by atoms with van der Waals surface area (Å²) in [7, 11) is -4.18. The van der Waals surface area contributed by atoms with Gasteiger partial charge in [-0.2, -0.15) is 5.26 Å². The van der Waals surface area contributed by atoms with Gasteiger partial charge in [0.2, 0.25) is 15.9 Å². The Hall–Kier alpha value is -4.22. The van der Waals surface area contributed by atoms with Gasteiger partial charge in [-0.25, -0.2) is 35.3 Å². The van der Waals surface area contributed by atoms with Crippen LogP contribution in [0.5, 0.6) is 0 Å². The summed E-state index contributed by atoms with van der Waals surface area (Å²) >= 11 is 6.42. The van der Waals surface area contributed by atoms with Crippen LogP contribution in [0.1, 0.15) is 36.4 Å².